The fraction of sp³-hybridized carbons (Fsp3) is 0.238. The second-order valence-corrected chi connectivity index (χ2v) is 6.50. The lowest BCUT2D eigenvalue weighted by Crippen LogP contribution is -2.20. The summed E-state index contributed by atoms with van der Waals surface area (Å²) in [6, 6.07) is 8.23. The normalized spacial score (nSPS) is 11.0. The Balaban J connectivity index is 2.26. The van der Waals surface area contributed by atoms with Gasteiger partial charge in [-0.2, -0.15) is 0 Å². The van der Waals surface area contributed by atoms with Crippen molar-refractivity contribution in [2.45, 2.75) is 19.9 Å². The smallest absolute Gasteiger partial charge is 0.341 e. The van der Waals surface area contributed by atoms with Crippen molar-refractivity contribution in [2.75, 3.05) is 13.7 Å². The summed E-state index contributed by atoms with van der Waals surface area (Å²) in [7, 11) is 1.47. The van der Waals surface area contributed by atoms with Crippen LogP contribution in [0, 0.1) is 12.7 Å². The molecule has 146 valence electrons. The van der Waals surface area contributed by atoms with Gasteiger partial charge >= 0.3 is 5.97 Å². The molecule has 0 amide bonds. The monoisotopic (exact) mass is 385 g/mol. The van der Waals surface area contributed by atoms with Crippen molar-refractivity contribution in [1.82, 2.24) is 4.57 Å². The highest BCUT2D eigenvalue weighted by molar-refractivity contribution is 5.93. The van der Waals surface area contributed by atoms with Crippen molar-refractivity contribution in [3.8, 4) is 5.75 Å². The molecule has 0 bridgehead atoms. The van der Waals surface area contributed by atoms with Crippen molar-refractivity contribution in [3.63, 3.8) is 0 Å². The van der Waals surface area contributed by atoms with E-state index in [0.29, 0.717) is 28.0 Å². The molecule has 0 spiro atoms. The van der Waals surface area contributed by atoms with Gasteiger partial charge in [0.05, 0.1) is 19.2 Å². The summed E-state index contributed by atoms with van der Waals surface area (Å²) >= 11 is 0. The molecule has 0 saturated heterocycles. The van der Waals surface area contributed by atoms with Crippen LogP contribution in [0.25, 0.3) is 10.9 Å². The van der Waals surface area contributed by atoms with Gasteiger partial charge in [-0.25, -0.2) is 9.18 Å². The summed E-state index contributed by atoms with van der Waals surface area (Å²) in [4.78, 5) is 24.1. The van der Waals surface area contributed by atoms with Crippen LogP contribution in [-0.2, 0) is 13.0 Å². The van der Waals surface area contributed by atoms with Gasteiger partial charge in [0.1, 0.15) is 17.1 Å². The Labute approximate surface area is 160 Å². The highest BCUT2D eigenvalue weighted by Gasteiger charge is 2.18. The van der Waals surface area contributed by atoms with E-state index in [1.54, 1.807) is 37.3 Å². The SMILES string of the molecule is COc1cc2c(cc1Cc1cccc(C)c1F)c(=O)c(C(=O)O)cn2CCO. The molecule has 3 aromatic rings. The Bertz CT molecular complexity index is 1120. The number of carboxylic acids is 1. The number of aromatic nitrogens is 1. The third kappa shape index (κ3) is 3.48. The quantitative estimate of drug-likeness (QED) is 0.681. The number of halogens is 1. The number of benzene rings is 2. The van der Waals surface area contributed by atoms with Crippen LogP contribution in [0.1, 0.15) is 27.0 Å². The Morgan fingerprint density at radius 2 is 2.00 bits per heavy atom. The standard InChI is InChI=1S/C21H20FNO5/c1-12-4-3-5-13(19(12)22)8-14-9-15-17(10-18(14)28-2)23(6-7-24)11-16(20(15)25)21(26)27/h3-5,9-11,24H,6-8H2,1-2H3,(H,26,27). The lowest BCUT2D eigenvalue weighted by atomic mass is 9.99. The van der Waals surface area contributed by atoms with Crippen LogP contribution < -0.4 is 10.2 Å². The van der Waals surface area contributed by atoms with E-state index in [2.05, 4.69) is 0 Å². The second-order valence-electron chi connectivity index (χ2n) is 6.50. The molecule has 2 aromatic carbocycles. The maximum atomic E-state index is 14.4. The molecule has 2 N–H and O–H groups in total. The van der Waals surface area contributed by atoms with Crippen LogP contribution in [0.15, 0.2) is 41.3 Å². The number of nitrogens with zero attached hydrogens (tertiary/aromatic N) is 1. The number of hydrogen-bond donors (Lipinski definition) is 2. The first-order valence-corrected chi connectivity index (χ1v) is 8.69. The molecular formula is C21H20FNO5. The minimum absolute atomic E-state index is 0.117. The molecule has 28 heavy (non-hydrogen) atoms. The summed E-state index contributed by atoms with van der Waals surface area (Å²) in [5, 5.41) is 18.8. The Morgan fingerprint density at radius 3 is 2.64 bits per heavy atom. The Kier molecular flexibility index (Phi) is 5.46. The molecule has 0 radical (unpaired) electrons. The van der Waals surface area contributed by atoms with Crippen LogP contribution in [0.5, 0.6) is 5.75 Å². The van der Waals surface area contributed by atoms with Crippen LogP contribution in [0.2, 0.25) is 0 Å². The van der Waals surface area contributed by atoms with Crippen LogP contribution in [-0.4, -0.2) is 34.5 Å². The first-order chi connectivity index (χ1) is 13.4. The Hall–Kier alpha value is -3.19. The molecule has 0 aliphatic carbocycles. The molecule has 1 aromatic heterocycles. The number of fused-ring (bicyclic) bond motifs is 1. The summed E-state index contributed by atoms with van der Waals surface area (Å²) in [6.07, 6.45) is 1.39. The minimum Gasteiger partial charge on any atom is -0.496 e. The number of aromatic carboxylic acids is 1. The predicted octanol–water partition coefficient (Wildman–Crippen LogP) is 2.74. The molecule has 3 rings (SSSR count). The molecule has 7 heteroatoms. The summed E-state index contributed by atoms with van der Waals surface area (Å²) in [5.41, 5.74) is 0.937. The highest BCUT2D eigenvalue weighted by Crippen LogP contribution is 2.28. The molecule has 0 fully saturated rings. The van der Waals surface area contributed by atoms with Crippen molar-refractivity contribution >= 4 is 16.9 Å². The average molecular weight is 385 g/mol. The van der Waals surface area contributed by atoms with Crippen LogP contribution >= 0.6 is 0 Å². The lowest BCUT2D eigenvalue weighted by Gasteiger charge is -2.16. The predicted molar refractivity (Wildman–Crippen MR) is 103 cm³/mol. The number of pyridine rings is 1. The van der Waals surface area contributed by atoms with E-state index in [1.807, 2.05) is 0 Å². The number of carbonyl (C=O) groups is 1. The van der Waals surface area contributed by atoms with Gasteiger partial charge in [0.15, 0.2) is 0 Å². The van der Waals surface area contributed by atoms with Gasteiger partial charge < -0.3 is 19.5 Å². The molecule has 0 saturated carbocycles. The van der Waals surface area contributed by atoms with Crippen LogP contribution in [0.3, 0.4) is 0 Å². The number of rotatable bonds is 6. The van der Waals surface area contributed by atoms with Gasteiger partial charge in [-0.05, 0) is 29.7 Å². The zero-order valence-corrected chi connectivity index (χ0v) is 15.5. The first-order valence-electron chi connectivity index (χ1n) is 8.69. The fourth-order valence-electron chi connectivity index (χ4n) is 3.29. The second kappa shape index (κ2) is 7.82. The van der Waals surface area contributed by atoms with Gasteiger partial charge in [-0.1, -0.05) is 18.2 Å². The van der Waals surface area contributed by atoms with Crippen LogP contribution in [0.4, 0.5) is 4.39 Å². The molecule has 1 heterocycles. The molecule has 0 aliphatic rings. The third-order valence-corrected chi connectivity index (χ3v) is 4.71. The number of ether oxygens (including phenoxy) is 1. The first kappa shape index (κ1) is 19.6. The molecular weight excluding hydrogens is 365 g/mol. The minimum atomic E-state index is -1.35. The molecule has 0 unspecified atom stereocenters. The Morgan fingerprint density at radius 1 is 1.25 bits per heavy atom. The zero-order chi connectivity index (χ0) is 20.4. The summed E-state index contributed by atoms with van der Waals surface area (Å²) < 4.78 is 21.4. The largest absolute Gasteiger partial charge is 0.496 e. The van der Waals surface area contributed by atoms with Gasteiger partial charge in [0.25, 0.3) is 0 Å². The highest BCUT2D eigenvalue weighted by atomic mass is 19.1. The number of aliphatic hydroxyl groups excluding tert-OH is 1. The van der Waals surface area contributed by atoms with Crippen molar-refractivity contribution in [2.24, 2.45) is 0 Å². The van der Waals surface area contributed by atoms with E-state index >= 15 is 0 Å². The van der Waals surface area contributed by atoms with Gasteiger partial charge in [0.2, 0.25) is 5.43 Å². The number of carboxylic acid groups (broad SMARTS) is 1. The van der Waals surface area contributed by atoms with Gasteiger partial charge in [-0.3, -0.25) is 4.79 Å². The van der Waals surface area contributed by atoms with Crippen molar-refractivity contribution in [3.05, 3.63) is 74.8 Å². The van der Waals surface area contributed by atoms with E-state index in [9.17, 15) is 24.2 Å². The third-order valence-electron chi connectivity index (χ3n) is 4.71. The molecule has 6 nitrogen and oxygen atoms in total. The van der Waals surface area contributed by atoms with E-state index in [0.717, 1.165) is 0 Å². The van der Waals surface area contributed by atoms with E-state index < -0.39 is 11.4 Å². The zero-order valence-electron chi connectivity index (χ0n) is 15.5. The van der Waals surface area contributed by atoms with E-state index in [1.165, 1.54) is 17.9 Å². The topological polar surface area (TPSA) is 88.8 Å². The van der Waals surface area contributed by atoms with Gasteiger partial charge in [-0.15, -0.1) is 0 Å². The average Bonchev–Trinajstić information content (AvgIpc) is 2.67. The summed E-state index contributed by atoms with van der Waals surface area (Å²) in [5.74, 6) is -1.23. The van der Waals surface area contributed by atoms with Crippen molar-refractivity contribution in [1.29, 1.82) is 0 Å². The number of aryl methyl sites for hydroxylation is 1. The molecule has 0 atom stereocenters. The van der Waals surface area contributed by atoms with E-state index in [4.69, 9.17) is 4.74 Å². The fourth-order valence-corrected chi connectivity index (χ4v) is 3.29. The number of methoxy groups -OCH3 is 1. The maximum absolute atomic E-state index is 14.4. The van der Waals surface area contributed by atoms with E-state index in [-0.39, 0.29) is 36.3 Å². The maximum Gasteiger partial charge on any atom is 0.341 e. The lowest BCUT2D eigenvalue weighted by molar-refractivity contribution is 0.0694. The summed E-state index contributed by atoms with van der Waals surface area (Å²) in [6.45, 7) is 1.56. The number of aliphatic hydroxyl groups is 1. The number of hydrogen-bond acceptors (Lipinski definition) is 4. The van der Waals surface area contributed by atoms with Gasteiger partial charge in [0, 0.05) is 30.6 Å². The molecule has 0 aliphatic heterocycles. The van der Waals surface area contributed by atoms with Crippen molar-refractivity contribution < 1.29 is 24.1 Å².